The van der Waals surface area contributed by atoms with Gasteiger partial charge in [0.15, 0.2) is 0 Å². The zero-order chi connectivity index (χ0) is 15.6. The van der Waals surface area contributed by atoms with Crippen molar-refractivity contribution in [2.75, 3.05) is 13.2 Å². The minimum atomic E-state index is -0.406. The molecule has 0 aliphatic carbocycles. The molecule has 2 aliphatic rings. The Balaban J connectivity index is 2.16. The van der Waals surface area contributed by atoms with Crippen LogP contribution in [-0.4, -0.2) is 48.1 Å². The maximum absolute atomic E-state index is 12.8. The van der Waals surface area contributed by atoms with Crippen LogP contribution >= 0.6 is 0 Å². The van der Waals surface area contributed by atoms with Crippen LogP contribution < -0.4 is 5.32 Å². The first-order valence-corrected chi connectivity index (χ1v) is 8.14. The topological polar surface area (TPSA) is 58.6 Å². The average Bonchev–Trinajstić information content (AvgIpc) is 2.43. The van der Waals surface area contributed by atoms with E-state index in [9.17, 15) is 9.59 Å². The van der Waals surface area contributed by atoms with E-state index in [1.165, 1.54) is 0 Å². The molecule has 2 fully saturated rings. The largest absolute Gasteiger partial charge is 0.376 e. The molecule has 0 radical (unpaired) electrons. The summed E-state index contributed by atoms with van der Waals surface area (Å²) in [5, 5.41) is 2.89. The Morgan fingerprint density at radius 3 is 2.43 bits per heavy atom. The van der Waals surface area contributed by atoms with Gasteiger partial charge in [-0.05, 0) is 31.1 Å². The second kappa shape index (κ2) is 6.77. The molecular weight excluding hydrogens is 268 g/mol. The van der Waals surface area contributed by atoms with Crippen molar-refractivity contribution >= 4 is 11.8 Å². The fourth-order valence-corrected chi connectivity index (χ4v) is 3.25. The Labute approximate surface area is 127 Å². The number of carbonyl (C=O) groups excluding carboxylic acids is 2. The molecule has 0 aromatic heterocycles. The minimum Gasteiger partial charge on any atom is -0.376 e. The van der Waals surface area contributed by atoms with E-state index in [0.29, 0.717) is 6.54 Å². The van der Waals surface area contributed by atoms with Crippen LogP contribution in [0.3, 0.4) is 0 Å². The van der Waals surface area contributed by atoms with Gasteiger partial charge in [0.05, 0.1) is 6.10 Å². The Morgan fingerprint density at radius 1 is 1.19 bits per heavy atom. The highest BCUT2D eigenvalue weighted by Crippen LogP contribution is 2.23. The lowest BCUT2D eigenvalue weighted by Gasteiger charge is -2.43. The van der Waals surface area contributed by atoms with Crippen LogP contribution in [0.5, 0.6) is 0 Å². The number of nitrogens with one attached hydrogen (secondary N) is 1. The quantitative estimate of drug-likeness (QED) is 0.856. The molecule has 2 amide bonds. The van der Waals surface area contributed by atoms with Crippen LogP contribution in [0.2, 0.25) is 0 Å². The molecule has 2 rings (SSSR count). The van der Waals surface area contributed by atoms with E-state index >= 15 is 0 Å². The van der Waals surface area contributed by atoms with Crippen LogP contribution in [0.15, 0.2) is 0 Å². The van der Waals surface area contributed by atoms with E-state index in [2.05, 4.69) is 5.32 Å². The van der Waals surface area contributed by atoms with Crippen molar-refractivity contribution in [3.8, 4) is 0 Å². The lowest BCUT2D eigenvalue weighted by atomic mass is 9.92. The average molecular weight is 296 g/mol. The highest BCUT2D eigenvalue weighted by molar-refractivity contribution is 5.97. The number of rotatable bonds is 4. The van der Waals surface area contributed by atoms with Crippen LogP contribution in [0.4, 0.5) is 0 Å². The molecule has 3 atom stereocenters. The normalized spacial score (nSPS) is 31.0. The summed E-state index contributed by atoms with van der Waals surface area (Å²) >= 11 is 0. The Hall–Kier alpha value is -1.10. The number of carbonyl (C=O) groups is 2. The molecule has 5 heteroatoms. The molecule has 120 valence electrons. The first-order valence-electron chi connectivity index (χ1n) is 8.14. The number of hydrogen-bond acceptors (Lipinski definition) is 3. The predicted molar refractivity (Wildman–Crippen MR) is 80.7 cm³/mol. The summed E-state index contributed by atoms with van der Waals surface area (Å²) in [6.07, 6.45) is 3.27. The summed E-state index contributed by atoms with van der Waals surface area (Å²) in [7, 11) is 0. The van der Waals surface area contributed by atoms with Crippen molar-refractivity contribution in [3.63, 3.8) is 0 Å². The highest BCUT2D eigenvalue weighted by atomic mass is 16.5. The number of ether oxygens (including phenoxy) is 1. The molecule has 0 spiro atoms. The summed E-state index contributed by atoms with van der Waals surface area (Å²) in [5.41, 5.74) is 0. The van der Waals surface area contributed by atoms with Gasteiger partial charge in [-0.15, -0.1) is 0 Å². The standard InChI is InChI=1S/C16H28N2O3/c1-10(2)13-16(20)18(9-12-7-5-6-8-21-12)14(11(3)4)15(19)17-13/h10-14H,5-9H2,1-4H3,(H,17,19). The van der Waals surface area contributed by atoms with Crippen LogP contribution in [0.25, 0.3) is 0 Å². The van der Waals surface area contributed by atoms with Crippen molar-refractivity contribution < 1.29 is 14.3 Å². The summed E-state index contributed by atoms with van der Waals surface area (Å²) in [4.78, 5) is 26.9. The third-order valence-corrected chi connectivity index (χ3v) is 4.42. The number of hydrogen-bond donors (Lipinski definition) is 1. The third kappa shape index (κ3) is 3.57. The van der Waals surface area contributed by atoms with Gasteiger partial charge in [0.25, 0.3) is 0 Å². The first kappa shape index (κ1) is 16.3. The number of amides is 2. The van der Waals surface area contributed by atoms with E-state index in [-0.39, 0.29) is 35.8 Å². The van der Waals surface area contributed by atoms with Gasteiger partial charge in [0.2, 0.25) is 11.8 Å². The van der Waals surface area contributed by atoms with Gasteiger partial charge < -0.3 is 15.0 Å². The summed E-state index contributed by atoms with van der Waals surface area (Å²) < 4.78 is 5.76. The Morgan fingerprint density at radius 2 is 1.90 bits per heavy atom. The molecular formula is C16H28N2O3. The molecule has 0 bridgehead atoms. The Kier molecular flexibility index (Phi) is 5.25. The van der Waals surface area contributed by atoms with Crippen molar-refractivity contribution in [1.82, 2.24) is 10.2 Å². The highest BCUT2D eigenvalue weighted by Gasteiger charge is 2.43. The summed E-state index contributed by atoms with van der Waals surface area (Å²) in [6, 6.07) is -0.783. The van der Waals surface area contributed by atoms with Gasteiger partial charge in [-0.3, -0.25) is 9.59 Å². The maximum atomic E-state index is 12.8. The molecule has 0 aromatic carbocycles. The van der Waals surface area contributed by atoms with E-state index in [1.54, 1.807) is 4.90 Å². The molecule has 1 N–H and O–H groups in total. The predicted octanol–water partition coefficient (Wildman–Crippen LogP) is 1.56. The molecule has 2 heterocycles. The van der Waals surface area contributed by atoms with Crippen LogP contribution in [0.1, 0.15) is 47.0 Å². The van der Waals surface area contributed by atoms with Crippen molar-refractivity contribution in [2.45, 2.75) is 65.1 Å². The number of nitrogens with zero attached hydrogens (tertiary/aromatic N) is 1. The number of piperazine rings is 1. The third-order valence-electron chi connectivity index (χ3n) is 4.42. The zero-order valence-corrected chi connectivity index (χ0v) is 13.6. The van der Waals surface area contributed by atoms with E-state index in [1.807, 2.05) is 27.7 Å². The zero-order valence-electron chi connectivity index (χ0n) is 13.6. The van der Waals surface area contributed by atoms with Gasteiger partial charge in [-0.25, -0.2) is 0 Å². The van der Waals surface area contributed by atoms with Crippen molar-refractivity contribution in [2.24, 2.45) is 11.8 Å². The summed E-state index contributed by atoms with van der Waals surface area (Å²) in [5.74, 6) is 0.214. The SMILES string of the molecule is CC(C)C1NC(=O)C(C(C)C)N(CC2CCCCO2)C1=O. The Bertz CT molecular complexity index is 389. The van der Waals surface area contributed by atoms with E-state index in [4.69, 9.17) is 4.74 Å². The van der Waals surface area contributed by atoms with Gasteiger partial charge in [-0.1, -0.05) is 27.7 Å². The fourth-order valence-electron chi connectivity index (χ4n) is 3.25. The minimum absolute atomic E-state index is 0.0286. The first-order chi connectivity index (χ1) is 9.91. The van der Waals surface area contributed by atoms with E-state index < -0.39 is 6.04 Å². The lowest BCUT2D eigenvalue weighted by Crippen LogP contribution is -2.67. The second-order valence-corrected chi connectivity index (χ2v) is 6.90. The monoisotopic (exact) mass is 296 g/mol. The molecule has 2 aliphatic heterocycles. The molecule has 3 unspecified atom stereocenters. The molecule has 5 nitrogen and oxygen atoms in total. The fraction of sp³-hybridized carbons (Fsp3) is 0.875. The van der Waals surface area contributed by atoms with Crippen molar-refractivity contribution in [3.05, 3.63) is 0 Å². The van der Waals surface area contributed by atoms with Gasteiger partial charge in [0, 0.05) is 13.2 Å². The van der Waals surface area contributed by atoms with Crippen molar-refractivity contribution in [1.29, 1.82) is 0 Å². The molecule has 2 saturated heterocycles. The maximum Gasteiger partial charge on any atom is 0.246 e. The van der Waals surface area contributed by atoms with Gasteiger partial charge >= 0.3 is 0 Å². The van der Waals surface area contributed by atoms with Crippen LogP contribution in [0, 0.1) is 11.8 Å². The molecule has 0 saturated carbocycles. The van der Waals surface area contributed by atoms with Crippen LogP contribution in [-0.2, 0) is 14.3 Å². The lowest BCUT2D eigenvalue weighted by molar-refractivity contribution is -0.155. The van der Waals surface area contributed by atoms with E-state index in [0.717, 1.165) is 25.9 Å². The van der Waals surface area contributed by atoms with Gasteiger partial charge in [0.1, 0.15) is 12.1 Å². The molecule has 21 heavy (non-hydrogen) atoms. The summed E-state index contributed by atoms with van der Waals surface area (Å²) in [6.45, 7) is 9.21. The smallest absolute Gasteiger partial charge is 0.246 e. The second-order valence-electron chi connectivity index (χ2n) is 6.90. The molecule has 0 aromatic rings. The van der Waals surface area contributed by atoms with Gasteiger partial charge in [-0.2, -0.15) is 0 Å².